The van der Waals surface area contributed by atoms with E-state index in [0.717, 1.165) is 16.7 Å². The summed E-state index contributed by atoms with van der Waals surface area (Å²) in [5.41, 5.74) is 9.72. The van der Waals surface area contributed by atoms with Gasteiger partial charge >= 0.3 is 0 Å². The van der Waals surface area contributed by atoms with E-state index in [0.29, 0.717) is 23.5 Å². The third-order valence-electron chi connectivity index (χ3n) is 4.88. The van der Waals surface area contributed by atoms with E-state index >= 15 is 0 Å². The normalized spacial score (nSPS) is 10.6. The summed E-state index contributed by atoms with van der Waals surface area (Å²) in [7, 11) is 0. The Balaban J connectivity index is 1.79. The Morgan fingerprint density at radius 2 is 1.33 bits per heavy atom. The van der Waals surface area contributed by atoms with Crippen LogP contribution < -0.4 is 10.5 Å². The minimum Gasteiger partial charge on any atom is -0.488 e. The quantitative estimate of drug-likeness (QED) is 0.444. The van der Waals surface area contributed by atoms with Crippen molar-refractivity contribution in [2.75, 3.05) is 0 Å². The van der Waals surface area contributed by atoms with Gasteiger partial charge in [-0.1, -0.05) is 72.8 Å². The highest BCUT2D eigenvalue weighted by Gasteiger charge is 2.17. The third kappa shape index (κ3) is 4.08. The molecule has 0 aliphatic heterocycles. The second kappa shape index (κ2) is 8.62. The smallest absolute Gasteiger partial charge is 0.249 e. The number of hydrogen-bond donors (Lipinski definition) is 1. The van der Waals surface area contributed by atoms with Crippen LogP contribution in [0.1, 0.15) is 15.9 Å². The Morgan fingerprint density at radius 1 is 0.733 bits per heavy atom. The van der Waals surface area contributed by atoms with E-state index in [1.807, 2.05) is 78.9 Å². The monoisotopic (exact) mass is 397 g/mol. The predicted molar refractivity (Wildman–Crippen MR) is 117 cm³/mol. The number of para-hydroxylation sites is 1. The maximum atomic E-state index is 14.0. The Kier molecular flexibility index (Phi) is 5.57. The molecular formula is C26H20FNO2. The molecule has 0 saturated carbocycles. The van der Waals surface area contributed by atoms with Crippen molar-refractivity contribution in [1.82, 2.24) is 0 Å². The minimum atomic E-state index is -0.603. The first-order valence-corrected chi connectivity index (χ1v) is 9.58. The number of ether oxygens (including phenoxy) is 1. The molecule has 4 aromatic rings. The van der Waals surface area contributed by atoms with E-state index < -0.39 is 11.7 Å². The molecule has 4 aromatic carbocycles. The van der Waals surface area contributed by atoms with E-state index in [2.05, 4.69) is 0 Å². The van der Waals surface area contributed by atoms with Gasteiger partial charge < -0.3 is 10.5 Å². The molecule has 0 aromatic heterocycles. The Bertz CT molecular complexity index is 1190. The van der Waals surface area contributed by atoms with Crippen LogP contribution in [-0.2, 0) is 6.61 Å². The van der Waals surface area contributed by atoms with Gasteiger partial charge in [0.15, 0.2) is 0 Å². The molecule has 2 N–H and O–H groups in total. The van der Waals surface area contributed by atoms with E-state index in [9.17, 15) is 9.18 Å². The lowest BCUT2D eigenvalue weighted by molar-refractivity contribution is 0.100. The van der Waals surface area contributed by atoms with Crippen LogP contribution in [0.2, 0.25) is 0 Å². The van der Waals surface area contributed by atoms with Crippen LogP contribution in [0, 0.1) is 5.82 Å². The summed E-state index contributed by atoms with van der Waals surface area (Å²) >= 11 is 0. The summed E-state index contributed by atoms with van der Waals surface area (Å²) < 4.78 is 20.1. The molecule has 0 heterocycles. The van der Waals surface area contributed by atoms with E-state index in [1.54, 1.807) is 0 Å². The maximum Gasteiger partial charge on any atom is 0.249 e. The summed E-state index contributed by atoms with van der Waals surface area (Å²) in [6, 6.07) is 29.1. The second-order valence-corrected chi connectivity index (χ2v) is 6.87. The first kappa shape index (κ1) is 19.4. The van der Waals surface area contributed by atoms with Crippen molar-refractivity contribution in [2.24, 2.45) is 5.73 Å². The summed E-state index contributed by atoms with van der Waals surface area (Å²) in [5.74, 6) is -0.335. The van der Waals surface area contributed by atoms with Gasteiger partial charge in [0.25, 0.3) is 0 Å². The fourth-order valence-electron chi connectivity index (χ4n) is 3.46. The zero-order chi connectivity index (χ0) is 20.9. The lowest BCUT2D eigenvalue weighted by Crippen LogP contribution is -2.12. The van der Waals surface area contributed by atoms with Crippen LogP contribution in [0.15, 0.2) is 97.1 Å². The van der Waals surface area contributed by atoms with Crippen LogP contribution in [0.3, 0.4) is 0 Å². The van der Waals surface area contributed by atoms with Gasteiger partial charge in [0.2, 0.25) is 5.91 Å². The number of rotatable bonds is 6. The van der Waals surface area contributed by atoms with Gasteiger partial charge in [0.05, 0.1) is 0 Å². The van der Waals surface area contributed by atoms with E-state index in [1.165, 1.54) is 18.2 Å². The van der Waals surface area contributed by atoms with Crippen LogP contribution in [0.4, 0.5) is 4.39 Å². The summed E-state index contributed by atoms with van der Waals surface area (Å²) in [6.45, 7) is 0.423. The molecular weight excluding hydrogens is 377 g/mol. The number of amides is 1. The molecule has 0 saturated heterocycles. The fraction of sp³-hybridized carbons (Fsp3) is 0.0385. The highest BCUT2D eigenvalue weighted by molar-refractivity contribution is 6.02. The lowest BCUT2D eigenvalue weighted by Gasteiger charge is -2.16. The van der Waals surface area contributed by atoms with Crippen LogP contribution in [-0.4, -0.2) is 5.91 Å². The molecule has 148 valence electrons. The number of carbonyl (C=O) groups excluding carboxylic acids is 1. The van der Waals surface area contributed by atoms with Crippen molar-refractivity contribution < 1.29 is 13.9 Å². The van der Waals surface area contributed by atoms with E-state index in [4.69, 9.17) is 10.5 Å². The van der Waals surface area contributed by atoms with E-state index in [-0.39, 0.29) is 5.56 Å². The zero-order valence-corrected chi connectivity index (χ0v) is 16.2. The van der Waals surface area contributed by atoms with Gasteiger partial charge in [-0.05, 0) is 46.5 Å². The number of carbonyl (C=O) groups is 1. The number of primary amides is 1. The van der Waals surface area contributed by atoms with Crippen molar-refractivity contribution >= 4 is 5.91 Å². The van der Waals surface area contributed by atoms with Gasteiger partial charge in [0, 0.05) is 11.1 Å². The fourth-order valence-corrected chi connectivity index (χ4v) is 3.46. The molecule has 4 heteroatoms. The van der Waals surface area contributed by atoms with Gasteiger partial charge in [0.1, 0.15) is 18.2 Å². The zero-order valence-electron chi connectivity index (χ0n) is 16.2. The molecule has 1 amide bonds. The van der Waals surface area contributed by atoms with Crippen molar-refractivity contribution in [3.8, 4) is 28.0 Å². The van der Waals surface area contributed by atoms with Crippen LogP contribution in [0.5, 0.6) is 5.75 Å². The standard InChI is InChI=1S/C26H20FNO2/c27-19-14-15-23(26(28)29)24(16-19)21-11-5-4-10-20(21)22-12-6-7-13-25(22)30-17-18-8-2-1-3-9-18/h1-16H,17H2,(H2,28,29). The summed E-state index contributed by atoms with van der Waals surface area (Å²) in [6.07, 6.45) is 0. The first-order valence-electron chi connectivity index (χ1n) is 9.58. The molecule has 0 fully saturated rings. The molecule has 0 unspecified atom stereocenters. The average Bonchev–Trinajstić information content (AvgIpc) is 2.78. The molecule has 0 atom stereocenters. The predicted octanol–water partition coefficient (Wildman–Crippen LogP) is 5.84. The first-order chi connectivity index (χ1) is 14.6. The molecule has 0 aliphatic rings. The van der Waals surface area contributed by atoms with Crippen molar-refractivity contribution in [1.29, 1.82) is 0 Å². The molecule has 0 radical (unpaired) electrons. The Labute approximate surface area is 174 Å². The Hall–Kier alpha value is -3.92. The third-order valence-corrected chi connectivity index (χ3v) is 4.88. The number of benzene rings is 4. The van der Waals surface area contributed by atoms with Gasteiger partial charge in [-0.25, -0.2) is 4.39 Å². The van der Waals surface area contributed by atoms with Crippen molar-refractivity contribution in [3.63, 3.8) is 0 Å². The van der Waals surface area contributed by atoms with Crippen molar-refractivity contribution in [3.05, 3.63) is 114 Å². The molecule has 0 bridgehead atoms. The van der Waals surface area contributed by atoms with Crippen LogP contribution in [0.25, 0.3) is 22.3 Å². The molecule has 0 spiro atoms. The summed E-state index contributed by atoms with van der Waals surface area (Å²) in [5, 5.41) is 0. The maximum absolute atomic E-state index is 14.0. The van der Waals surface area contributed by atoms with Gasteiger partial charge in [-0.3, -0.25) is 4.79 Å². The molecule has 3 nitrogen and oxygen atoms in total. The highest BCUT2D eigenvalue weighted by Crippen LogP contribution is 2.38. The minimum absolute atomic E-state index is 0.270. The Morgan fingerprint density at radius 3 is 2.03 bits per heavy atom. The second-order valence-electron chi connectivity index (χ2n) is 6.87. The summed E-state index contributed by atoms with van der Waals surface area (Å²) in [4.78, 5) is 12.0. The molecule has 30 heavy (non-hydrogen) atoms. The number of hydrogen-bond acceptors (Lipinski definition) is 2. The molecule has 0 aliphatic carbocycles. The lowest BCUT2D eigenvalue weighted by atomic mass is 9.91. The largest absolute Gasteiger partial charge is 0.488 e. The van der Waals surface area contributed by atoms with Gasteiger partial charge in [-0.2, -0.15) is 0 Å². The number of halogens is 1. The number of nitrogens with two attached hydrogens (primary N) is 1. The highest BCUT2D eigenvalue weighted by atomic mass is 19.1. The topological polar surface area (TPSA) is 52.3 Å². The SMILES string of the molecule is NC(=O)c1ccc(F)cc1-c1ccccc1-c1ccccc1OCc1ccccc1. The molecule has 4 rings (SSSR count). The van der Waals surface area contributed by atoms with Crippen molar-refractivity contribution in [2.45, 2.75) is 6.61 Å². The van der Waals surface area contributed by atoms with Gasteiger partial charge in [-0.15, -0.1) is 0 Å². The average molecular weight is 397 g/mol. The van der Waals surface area contributed by atoms with Crippen LogP contribution >= 0.6 is 0 Å².